The van der Waals surface area contributed by atoms with Gasteiger partial charge in [-0.2, -0.15) is 0 Å². The second kappa shape index (κ2) is 7.92. The van der Waals surface area contributed by atoms with Crippen molar-refractivity contribution < 1.29 is 14.0 Å². The van der Waals surface area contributed by atoms with E-state index in [0.717, 1.165) is 42.4 Å². The molecule has 2 heterocycles. The van der Waals surface area contributed by atoms with Crippen molar-refractivity contribution in [2.45, 2.75) is 25.3 Å². The number of pyridine rings is 1. The van der Waals surface area contributed by atoms with Crippen molar-refractivity contribution >= 4 is 28.4 Å². The number of hydrogen-bond donors (Lipinski definition) is 1. The number of likely N-dealkylation sites (tertiary alicyclic amines) is 1. The van der Waals surface area contributed by atoms with Crippen molar-refractivity contribution in [2.24, 2.45) is 5.92 Å². The summed E-state index contributed by atoms with van der Waals surface area (Å²) in [4.78, 5) is 34.1. The Bertz CT molecular complexity index is 1260. The van der Waals surface area contributed by atoms with Gasteiger partial charge in [-0.25, -0.2) is 4.39 Å². The van der Waals surface area contributed by atoms with E-state index >= 15 is 0 Å². The van der Waals surface area contributed by atoms with Crippen molar-refractivity contribution in [1.82, 2.24) is 15.2 Å². The van der Waals surface area contributed by atoms with Gasteiger partial charge in [0.2, 0.25) is 5.91 Å². The molecule has 2 aromatic carbocycles. The number of rotatable bonds is 5. The first-order valence-corrected chi connectivity index (χ1v) is 11.2. The summed E-state index contributed by atoms with van der Waals surface area (Å²) in [6.07, 6.45) is 3.13. The molecule has 1 N–H and O–H groups in total. The van der Waals surface area contributed by atoms with Crippen molar-refractivity contribution in [1.29, 1.82) is 0 Å². The number of fused-ring (bicyclic) bond motifs is 1. The molecule has 7 heteroatoms. The fourth-order valence-electron chi connectivity index (χ4n) is 4.75. The fourth-order valence-corrected chi connectivity index (χ4v) is 4.75. The van der Waals surface area contributed by atoms with Gasteiger partial charge in [0.15, 0.2) is 0 Å². The normalized spacial score (nSPS) is 17.5. The first kappa shape index (κ1) is 21.5. The molecule has 170 valence electrons. The molecular weight excluding hydrogens is 419 g/mol. The molecule has 0 radical (unpaired) electrons. The van der Waals surface area contributed by atoms with E-state index in [1.54, 1.807) is 36.3 Å². The number of benzene rings is 2. The summed E-state index contributed by atoms with van der Waals surface area (Å²) in [5.41, 5.74) is 2.74. The van der Waals surface area contributed by atoms with Crippen molar-refractivity contribution in [3.05, 3.63) is 71.2 Å². The van der Waals surface area contributed by atoms with Gasteiger partial charge in [-0.3, -0.25) is 14.6 Å². The average Bonchev–Trinajstić information content (AvgIpc) is 3.56. The Kier molecular flexibility index (Phi) is 5.16. The molecule has 1 aliphatic heterocycles. The topological polar surface area (TPSA) is 65.5 Å². The second-order valence-corrected chi connectivity index (χ2v) is 9.35. The van der Waals surface area contributed by atoms with Gasteiger partial charge in [0.25, 0.3) is 5.91 Å². The number of amides is 2. The molecule has 1 saturated carbocycles. The number of halogens is 1. The van der Waals surface area contributed by atoms with Gasteiger partial charge in [-0.1, -0.05) is 18.2 Å². The Balaban J connectivity index is 1.41. The van der Waals surface area contributed by atoms with Crippen LogP contribution >= 0.6 is 0 Å². The van der Waals surface area contributed by atoms with Crippen LogP contribution in [0.5, 0.6) is 0 Å². The third-order valence-electron chi connectivity index (χ3n) is 6.94. The van der Waals surface area contributed by atoms with Crippen LogP contribution in [0, 0.1) is 18.7 Å². The Labute approximate surface area is 192 Å². The predicted molar refractivity (Wildman–Crippen MR) is 126 cm³/mol. The zero-order chi connectivity index (χ0) is 23.3. The Morgan fingerprint density at radius 2 is 1.94 bits per heavy atom. The molecule has 2 fully saturated rings. The van der Waals surface area contributed by atoms with Gasteiger partial charge in [0.1, 0.15) is 11.3 Å². The van der Waals surface area contributed by atoms with Crippen LogP contribution in [0.15, 0.2) is 48.7 Å². The summed E-state index contributed by atoms with van der Waals surface area (Å²) in [5.74, 6) is -0.510. The van der Waals surface area contributed by atoms with E-state index in [1.807, 2.05) is 32.2 Å². The predicted octanol–water partition coefficient (Wildman–Crippen LogP) is 3.63. The van der Waals surface area contributed by atoms with Gasteiger partial charge in [0.05, 0.1) is 11.5 Å². The molecule has 3 aromatic rings. The summed E-state index contributed by atoms with van der Waals surface area (Å²) in [6.45, 7) is 3.40. The van der Waals surface area contributed by atoms with Gasteiger partial charge in [0, 0.05) is 43.0 Å². The molecule has 1 saturated heterocycles. The van der Waals surface area contributed by atoms with Crippen LogP contribution in [-0.2, 0) is 10.3 Å². The molecule has 1 aromatic heterocycles. The van der Waals surface area contributed by atoms with Crippen molar-refractivity contribution in [3.63, 3.8) is 0 Å². The van der Waals surface area contributed by atoms with Crippen molar-refractivity contribution in [2.75, 3.05) is 32.1 Å². The molecule has 1 aliphatic carbocycles. The minimum atomic E-state index is -0.535. The number of nitrogens with one attached hydrogen (secondary N) is 1. The number of aromatic nitrogens is 1. The molecule has 5 rings (SSSR count). The van der Waals surface area contributed by atoms with Gasteiger partial charge in [-0.05, 0) is 62.2 Å². The Morgan fingerprint density at radius 1 is 1.18 bits per heavy atom. The summed E-state index contributed by atoms with van der Waals surface area (Å²) >= 11 is 0. The van der Waals surface area contributed by atoms with Crippen LogP contribution in [0.4, 0.5) is 10.1 Å². The smallest absolute Gasteiger partial charge is 0.252 e. The number of anilines is 1. The highest BCUT2D eigenvalue weighted by Crippen LogP contribution is 2.48. The van der Waals surface area contributed by atoms with Gasteiger partial charge < -0.3 is 15.1 Å². The zero-order valence-corrected chi connectivity index (χ0v) is 19.1. The molecule has 2 amide bonds. The van der Waals surface area contributed by atoms with Gasteiger partial charge >= 0.3 is 0 Å². The molecule has 33 heavy (non-hydrogen) atoms. The highest BCUT2D eigenvalue weighted by atomic mass is 19.1. The molecular formula is C26H27FN4O2. The first-order chi connectivity index (χ1) is 15.8. The molecule has 0 spiro atoms. The third kappa shape index (κ3) is 3.76. The summed E-state index contributed by atoms with van der Waals surface area (Å²) < 4.78 is 14.3. The summed E-state index contributed by atoms with van der Waals surface area (Å²) in [6, 6.07) is 12.3. The molecule has 0 atom stereocenters. The quantitative estimate of drug-likeness (QED) is 0.650. The van der Waals surface area contributed by atoms with E-state index in [2.05, 4.69) is 15.2 Å². The maximum absolute atomic E-state index is 14.3. The lowest BCUT2D eigenvalue weighted by atomic mass is 9.97. The number of aryl methyl sites for hydroxylation is 1. The summed E-state index contributed by atoms with van der Waals surface area (Å²) in [7, 11) is 3.75. The van der Waals surface area contributed by atoms with E-state index in [9.17, 15) is 14.0 Å². The Hall–Kier alpha value is -3.32. The molecule has 0 bridgehead atoms. The highest BCUT2D eigenvalue weighted by Gasteiger charge is 2.47. The van der Waals surface area contributed by atoms with Crippen molar-refractivity contribution in [3.8, 4) is 0 Å². The van der Waals surface area contributed by atoms with Crippen LogP contribution < -0.4 is 10.2 Å². The lowest BCUT2D eigenvalue weighted by Gasteiger charge is -2.37. The van der Waals surface area contributed by atoms with Gasteiger partial charge in [-0.15, -0.1) is 0 Å². The van der Waals surface area contributed by atoms with Crippen LogP contribution in [0.1, 0.15) is 34.3 Å². The van der Waals surface area contributed by atoms with Crippen LogP contribution in [-0.4, -0.2) is 48.9 Å². The maximum Gasteiger partial charge on any atom is 0.252 e. The van der Waals surface area contributed by atoms with E-state index in [0.29, 0.717) is 16.8 Å². The fraction of sp³-hybridized carbons (Fsp3) is 0.346. The monoisotopic (exact) mass is 446 g/mol. The third-order valence-corrected chi connectivity index (χ3v) is 6.94. The summed E-state index contributed by atoms with van der Waals surface area (Å²) in [5, 5.41) is 3.92. The number of carbonyl (C=O) groups excluding carboxylic acids is 2. The van der Waals surface area contributed by atoms with Crippen LogP contribution in [0.2, 0.25) is 0 Å². The molecule has 0 unspecified atom stereocenters. The second-order valence-electron chi connectivity index (χ2n) is 9.35. The van der Waals surface area contributed by atoms with E-state index < -0.39 is 5.54 Å². The van der Waals surface area contributed by atoms with E-state index in [1.165, 1.54) is 6.07 Å². The first-order valence-electron chi connectivity index (χ1n) is 11.2. The highest BCUT2D eigenvalue weighted by molar-refractivity contribution is 6.00. The minimum Gasteiger partial charge on any atom is -0.342 e. The number of hydrogen-bond acceptors (Lipinski definition) is 4. The minimum absolute atomic E-state index is 0.00585. The zero-order valence-electron chi connectivity index (χ0n) is 19.1. The van der Waals surface area contributed by atoms with E-state index in [4.69, 9.17) is 0 Å². The standard InChI is InChI=1S/C26H27FN4O2/c1-16-6-7-18(31(3)25(33)17-14-30(2)15-17)13-20(16)24(32)29-26(10-11-26)21-8-9-22(27)23-19(21)5-4-12-28-23/h4-9,12-13,17H,10-11,14-15H2,1-3H3,(H,29,32). The van der Waals surface area contributed by atoms with Crippen LogP contribution in [0.25, 0.3) is 10.9 Å². The number of nitrogens with zero attached hydrogens (tertiary/aromatic N) is 3. The average molecular weight is 447 g/mol. The number of carbonyl (C=O) groups is 2. The van der Waals surface area contributed by atoms with Crippen LogP contribution in [0.3, 0.4) is 0 Å². The largest absolute Gasteiger partial charge is 0.342 e. The lowest BCUT2D eigenvalue weighted by Crippen LogP contribution is -2.52. The molecule has 2 aliphatic rings. The maximum atomic E-state index is 14.3. The Morgan fingerprint density at radius 3 is 2.64 bits per heavy atom. The SMILES string of the molecule is Cc1ccc(N(C)C(=O)C2CN(C)C2)cc1C(=O)NC1(c2ccc(F)c3ncccc23)CC1. The van der Waals surface area contributed by atoms with E-state index in [-0.39, 0.29) is 23.5 Å². The molecule has 6 nitrogen and oxygen atoms in total. The lowest BCUT2D eigenvalue weighted by molar-refractivity contribution is -0.126.